The molecule has 0 amide bonds. The quantitative estimate of drug-likeness (QED) is 0.637. The molecule has 3 unspecified atom stereocenters. The van der Waals surface area contributed by atoms with E-state index in [9.17, 15) is 14.7 Å². The first-order valence-corrected chi connectivity index (χ1v) is 9.56. The van der Waals surface area contributed by atoms with Crippen LogP contribution >= 0.6 is 0 Å². The highest BCUT2D eigenvalue weighted by Crippen LogP contribution is 2.45. The lowest BCUT2D eigenvalue weighted by Crippen LogP contribution is -2.49. The van der Waals surface area contributed by atoms with Crippen molar-refractivity contribution in [3.05, 3.63) is 75.8 Å². The van der Waals surface area contributed by atoms with Crippen molar-refractivity contribution in [2.75, 3.05) is 14.2 Å². The largest absolute Gasteiger partial charge is 0.497 e. The highest BCUT2D eigenvalue weighted by Gasteiger charge is 2.51. The molecule has 3 aromatic rings. The summed E-state index contributed by atoms with van der Waals surface area (Å²) >= 11 is 0. The van der Waals surface area contributed by atoms with Crippen LogP contribution in [0.3, 0.4) is 0 Å². The van der Waals surface area contributed by atoms with E-state index in [2.05, 4.69) is 10.1 Å². The fourth-order valence-electron chi connectivity index (χ4n) is 4.28. The van der Waals surface area contributed by atoms with E-state index in [-0.39, 0.29) is 12.0 Å². The number of aliphatic hydroxyl groups is 1. The van der Waals surface area contributed by atoms with Crippen molar-refractivity contribution in [2.24, 2.45) is 5.92 Å². The number of aromatic nitrogens is 3. The van der Waals surface area contributed by atoms with Crippen molar-refractivity contribution in [3.63, 3.8) is 0 Å². The van der Waals surface area contributed by atoms with Crippen molar-refractivity contribution in [2.45, 2.75) is 24.9 Å². The molecule has 3 atom stereocenters. The number of H-pyrrole nitrogens is 1. The molecule has 156 valence electrons. The number of carbonyl (C=O) groups excluding carboxylic acids is 1. The zero-order valence-corrected chi connectivity index (χ0v) is 17.0. The molecule has 2 aromatic heterocycles. The normalized spacial score (nSPS) is 22.9. The lowest BCUT2D eigenvalue weighted by Gasteiger charge is -2.40. The predicted molar refractivity (Wildman–Crippen MR) is 109 cm³/mol. The Morgan fingerprint density at radius 3 is 2.57 bits per heavy atom. The van der Waals surface area contributed by atoms with Gasteiger partial charge in [0.1, 0.15) is 5.75 Å². The number of nitrogens with zero attached hydrogens (tertiary/aromatic N) is 2. The summed E-state index contributed by atoms with van der Waals surface area (Å²) in [5.74, 6) is -1.15. The van der Waals surface area contributed by atoms with Gasteiger partial charge in [0.25, 0.3) is 5.56 Å². The molecule has 0 fully saturated rings. The molecule has 0 bridgehead atoms. The van der Waals surface area contributed by atoms with E-state index in [0.29, 0.717) is 28.4 Å². The predicted octanol–water partition coefficient (Wildman–Crippen LogP) is 1.80. The van der Waals surface area contributed by atoms with E-state index >= 15 is 0 Å². The molecule has 2 heterocycles. The van der Waals surface area contributed by atoms with E-state index < -0.39 is 23.4 Å². The molecule has 1 aliphatic carbocycles. The Labute approximate surface area is 173 Å². The van der Waals surface area contributed by atoms with Gasteiger partial charge in [-0.3, -0.25) is 14.7 Å². The Morgan fingerprint density at radius 2 is 1.97 bits per heavy atom. The van der Waals surface area contributed by atoms with E-state index in [1.54, 1.807) is 62.7 Å². The molecule has 8 nitrogen and oxygen atoms in total. The number of methoxy groups -OCH3 is 2. The van der Waals surface area contributed by atoms with Gasteiger partial charge in [-0.05, 0) is 36.8 Å². The van der Waals surface area contributed by atoms with Gasteiger partial charge in [0.15, 0.2) is 5.82 Å². The maximum Gasteiger partial charge on any atom is 0.312 e. The number of esters is 1. The Bertz CT molecular complexity index is 1120. The van der Waals surface area contributed by atoms with E-state index in [0.717, 1.165) is 0 Å². The van der Waals surface area contributed by atoms with Crippen LogP contribution in [0.4, 0.5) is 0 Å². The molecule has 30 heavy (non-hydrogen) atoms. The SMILES string of the molecule is COC(=O)C1C(c2ccc(OC)cc2)c2c([nH]n(-c3ccccn3)c2=O)CC1(C)O. The minimum Gasteiger partial charge on any atom is -0.497 e. The lowest BCUT2D eigenvalue weighted by molar-refractivity contribution is -0.156. The zero-order valence-electron chi connectivity index (χ0n) is 17.0. The number of fused-ring (bicyclic) bond motifs is 1. The van der Waals surface area contributed by atoms with Gasteiger partial charge in [0.05, 0.1) is 25.7 Å². The van der Waals surface area contributed by atoms with Gasteiger partial charge in [-0.15, -0.1) is 0 Å². The van der Waals surface area contributed by atoms with Crippen molar-refractivity contribution in [1.29, 1.82) is 0 Å². The van der Waals surface area contributed by atoms with Gasteiger partial charge in [-0.1, -0.05) is 18.2 Å². The molecule has 0 spiro atoms. The van der Waals surface area contributed by atoms with E-state index in [1.807, 2.05) is 0 Å². The third-order valence-corrected chi connectivity index (χ3v) is 5.66. The Kier molecular flexibility index (Phi) is 4.95. The number of hydrogen-bond acceptors (Lipinski definition) is 6. The number of aromatic amines is 1. The van der Waals surface area contributed by atoms with Crippen LogP contribution in [0.2, 0.25) is 0 Å². The number of nitrogens with one attached hydrogen (secondary N) is 1. The minimum absolute atomic E-state index is 0.101. The third-order valence-electron chi connectivity index (χ3n) is 5.66. The summed E-state index contributed by atoms with van der Waals surface area (Å²) < 4.78 is 11.6. The summed E-state index contributed by atoms with van der Waals surface area (Å²) in [6.45, 7) is 1.59. The van der Waals surface area contributed by atoms with Crippen molar-refractivity contribution < 1.29 is 19.4 Å². The van der Waals surface area contributed by atoms with Crippen molar-refractivity contribution in [1.82, 2.24) is 14.8 Å². The van der Waals surface area contributed by atoms with E-state index in [1.165, 1.54) is 11.8 Å². The first-order valence-electron chi connectivity index (χ1n) is 9.56. The smallest absolute Gasteiger partial charge is 0.312 e. The molecular formula is C22H23N3O5. The van der Waals surface area contributed by atoms with Gasteiger partial charge in [-0.25, -0.2) is 9.67 Å². The lowest BCUT2D eigenvalue weighted by atomic mass is 9.66. The highest BCUT2D eigenvalue weighted by molar-refractivity contribution is 5.77. The fraction of sp³-hybridized carbons (Fsp3) is 0.318. The first-order chi connectivity index (χ1) is 14.4. The molecule has 0 saturated heterocycles. The number of rotatable bonds is 4. The molecule has 0 saturated carbocycles. The minimum atomic E-state index is -1.43. The fourth-order valence-corrected chi connectivity index (χ4v) is 4.28. The van der Waals surface area contributed by atoms with E-state index in [4.69, 9.17) is 9.47 Å². The molecule has 1 aromatic carbocycles. The van der Waals surface area contributed by atoms with Gasteiger partial charge in [-0.2, -0.15) is 0 Å². The molecule has 4 rings (SSSR count). The highest BCUT2D eigenvalue weighted by atomic mass is 16.5. The number of carbonyl (C=O) groups is 1. The molecule has 0 aliphatic heterocycles. The molecule has 8 heteroatoms. The van der Waals surface area contributed by atoms with Crippen LogP contribution in [-0.2, 0) is 16.0 Å². The average molecular weight is 409 g/mol. The summed E-state index contributed by atoms with van der Waals surface area (Å²) in [6.07, 6.45) is 1.69. The van der Waals surface area contributed by atoms with Crippen LogP contribution in [0.5, 0.6) is 5.75 Å². The van der Waals surface area contributed by atoms with Crippen molar-refractivity contribution >= 4 is 5.97 Å². The number of benzene rings is 1. The number of hydrogen-bond donors (Lipinski definition) is 2. The van der Waals surface area contributed by atoms with Gasteiger partial charge in [0, 0.05) is 29.8 Å². The summed E-state index contributed by atoms with van der Waals surface area (Å²) in [5.41, 5.74) is -0.0424. The first kappa shape index (κ1) is 19.9. The van der Waals surface area contributed by atoms with Crippen LogP contribution < -0.4 is 10.3 Å². The van der Waals surface area contributed by atoms with Crippen molar-refractivity contribution in [3.8, 4) is 11.6 Å². The maximum atomic E-state index is 13.4. The maximum absolute atomic E-state index is 13.4. The zero-order chi connectivity index (χ0) is 21.5. The summed E-state index contributed by atoms with van der Waals surface area (Å²) in [4.78, 5) is 30.4. The summed E-state index contributed by atoms with van der Waals surface area (Å²) in [7, 11) is 2.84. The van der Waals surface area contributed by atoms with Crippen LogP contribution in [0.15, 0.2) is 53.5 Å². The topological polar surface area (TPSA) is 106 Å². The van der Waals surface area contributed by atoms with Gasteiger partial charge in [0.2, 0.25) is 0 Å². The van der Waals surface area contributed by atoms with Crippen LogP contribution in [0, 0.1) is 5.92 Å². The summed E-state index contributed by atoms with van der Waals surface area (Å²) in [5, 5.41) is 14.3. The Hall–Kier alpha value is -3.39. The number of pyridine rings is 1. The third kappa shape index (κ3) is 3.19. The van der Waals surface area contributed by atoms with Gasteiger partial charge >= 0.3 is 5.97 Å². The second kappa shape index (κ2) is 7.46. The second-order valence-corrected chi connectivity index (χ2v) is 7.62. The second-order valence-electron chi connectivity index (χ2n) is 7.62. The summed E-state index contributed by atoms with van der Waals surface area (Å²) in [6, 6.07) is 12.4. The van der Waals surface area contributed by atoms with Crippen LogP contribution in [-0.4, -0.2) is 45.7 Å². The Morgan fingerprint density at radius 1 is 1.23 bits per heavy atom. The molecule has 2 N–H and O–H groups in total. The monoisotopic (exact) mass is 409 g/mol. The van der Waals surface area contributed by atoms with Crippen LogP contribution in [0.1, 0.15) is 29.7 Å². The Balaban J connectivity index is 1.95. The number of ether oxygens (including phenoxy) is 2. The van der Waals surface area contributed by atoms with Crippen LogP contribution in [0.25, 0.3) is 5.82 Å². The molecule has 0 radical (unpaired) electrons. The standard InChI is InChI=1S/C22H23N3O5/c1-22(28)12-15-18(20(26)25(24-15)16-6-4-5-11-23-16)17(19(22)21(27)30-3)13-7-9-14(29-2)10-8-13/h4-11,17,19,24,28H,12H2,1-3H3. The molecular weight excluding hydrogens is 386 g/mol. The average Bonchev–Trinajstić information content (AvgIpc) is 3.07. The molecule has 1 aliphatic rings. The van der Waals surface area contributed by atoms with Gasteiger partial charge < -0.3 is 14.6 Å².